The van der Waals surface area contributed by atoms with Crippen LogP contribution in [0.2, 0.25) is 0 Å². The number of fused-ring (bicyclic) bond motifs is 1. The molecule has 90 valence electrons. The quantitative estimate of drug-likeness (QED) is 0.614. The van der Waals surface area contributed by atoms with Crippen LogP contribution < -0.4 is 0 Å². The standard InChI is InChI=1S/C10H15NO5/c12-8(13)10(16)5-6-3-1-2-4-7(6)11(10)9(14)15/h6-7,16H,1-5H2,(H,12,13)(H,14,15). The molecular weight excluding hydrogens is 214 g/mol. The molecule has 0 aromatic carbocycles. The smallest absolute Gasteiger partial charge is 0.410 e. The van der Waals surface area contributed by atoms with E-state index in [1.165, 1.54) is 0 Å². The lowest BCUT2D eigenvalue weighted by molar-refractivity contribution is -0.174. The second kappa shape index (κ2) is 3.62. The summed E-state index contributed by atoms with van der Waals surface area (Å²) in [6, 6.07) is -0.340. The van der Waals surface area contributed by atoms with Crippen molar-refractivity contribution in [1.29, 1.82) is 0 Å². The highest BCUT2D eigenvalue weighted by Crippen LogP contribution is 2.44. The monoisotopic (exact) mass is 229 g/mol. The van der Waals surface area contributed by atoms with Crippen molar-refractivity contribution >= 4 is 12.1 Å². The Morgan fingerprint density at radius 2 is 1.81 bits per heavy atom. The topological polar surface area (TPSA) is 98.1 Å². The number of carboxylic acid groups (broad SMARTS) is 2. The zero-order valence-electron chi connectivity index (χ0n) is 8.80. The number of aliphatic hydroxyl groups is 1. The summed E-state index contributed by atoms with van der Waals surface area (Å²) in [6.45, 7) is 0. The summed E-state index contributed by atoms with van der Waals surface area (Å²) in [4.78, 5) is 22.8. The molecule has 3 atom stereocenters. The Morgan fingerprint density at radius 3 is 2.38 bits per heavy atom. The van der Waals surface area contributed by atoms with Gasteiger partial charge in [0.15, 0.2) is 0 Å². The van der Waals surface area contributed by atoms with Gasteiger partial charge in [0.05, 0.1) is 0 Å². The number of likely N-dealkylation sites (tertiary alicyclic amines) is 1. The predicted octanol–water partition coefficient (Wildman–Crippen LogP) is 0.702. The largest absolute Gasteiger partial charge is 0.478 e. The van der Waals surface area contributed by atoms with Gasteiger partial charge in [0.25, 0.3) is 0 Å². The Balaban J connectivity index is 2.33. The maximum Gasteiger partial charge on any atom is 0.410 e. The minimum Gasteiger partial charge on any atom is -0.478 e. The molecule has 2 fully saturated rings. The molecule has 1 amide bonds. The summed E-state index contributed by atoms with van der Waals surface area (Å²) in [5.41, 5.74) is -2.23. The van der Waals surface area contributed by atoms with Gasteiger partial charge in [-0.2, -0.15) is 0 Å². The van der Waals surface area contributed by atoms with Crippen LogP contribution in [-0.2, 0) is 4.79 Å². The molecule has 1 saturated heterocycles. The summed E-state index contributed by atoms with van der Waals surface area (Å²) >= 11 is 0. The Bertz CT molecular complexity index is 331. The molecule has 3 unspecified atom stereocenters. The molecule has 6 heteroatoms. The number of carbonyl (C=O) groups is 2. The molecule has 0 aromatic rings. The zero-order valence-corrected chi connectivity index (χ0v) is 8.80. The van der Waals surface area contributed by atoms with Crippen LogP contribution in [0.25, 0.3) is 0 Å². The second-order valence-electron chi connectivity index (χ2n) is 4.59. The van der Waals surface area contributed by atoms with Crippen LogP contribution >= 0.6 is 0 Å². The first-order valence-electron chi connectivity index (χ1n) is 5.45. The molecule has 1 heterocycles. The Hall–Kier alpha value is -1.30. The van der Waals surface area contributed by atoms with Crippen molar-refractivity contribution in [3.63, 3.8) is 0 Å². The molecule has 1 aliphatic heterocycles. The third kappa shape index (κ3) is 1.44. The van der Waals surface area contributed by atoms with Gasteiger partial charge in [-0.05, 0) is 18.8 Å². The summed E-state index contributed by atoms with van der Waals surface area (Å²) in [5.74, 6) is -1.49. The minimum absolute atomic E-state index is 0.0132. The molecule has 2 aliphatic rings. The third-order valence-electron chi connectivity index (χ3n) is 3.69. The highest BCUT2D eigenvalue weighted by atomic mass is 16.4. The maximum atomic E-state index is 11.1. The average molecular weight is 229 g/mol. The van der Waals surface area contributed by atoms with E-state index < -0.39 is 17.8 Å². The van der Waals surface area contributed by atoms with Gasteiger partial charge in [-0.25, -0.2) is 9.59 Å². The van der Waals surface area contributed by atoms with Crippen molar-refractivity contribution in [3.05, 3.63) is 0 Å². The van der Waals surface area contributed by atoms with Crippen LogP contribution in [0.5, 0.6) is 0 Å². The van der Waals surface area contributed by atoms with Crippen LogP contribution in [0.1, 0.15) is 32.1 Å². The van der Waals surface area contributed by atoms with E-state index in [1.807, 2.05) is 0 Å². The van der Waals surface area contributed by atoms with Gasteiger partial charge >= 0.3 is 12.1 Å². The first-order valence-corrected chi connectivity index (χ1v) is 5.45. The molecule has 6 nitrogen and oxygen atoms in total. The third-order valence-corrected chi connectivity index (χ3v) is 3.69. The lowest BCUT2D eigenvalue weighted by Gasteiger charge is -2.33. The van der Waals surface area contributed by atoms with Crippen molar-refractivity contribution in [3.8, 4) is 0 Å². The van der Waals surface area contributed by atoms with Crippen molar-refractivity contribution in [2.75, 3.05) is 0 Å². The van der Waals surface area contributed by atoms with Gasteiger partial charge in [-0.3, -0.25) is 4.90 Å². The molecule has 1 aliphatic carbocycles. The Labute approximate surface area is 92.5 Å². The number of nitrogens with zero attached hydrogens (tertiary/aromatic N) is 1. The zero-order chi connectivity index (χ0) is 11.9. The highest BCUT2D eigenvalue weighted by Gasteiger charge is 2.58. The van der Waals surface area contributed by atoms with Crippen LogP contribution in [0, 0.1) is 5.92 Å². The van der Waals surface area contributed by atoms with Crippen LogP contribution in [0.3, 0.4) is 0 Å². The molecule has 2 rings (SSSR count). The number of amides is 1. The van der Waals surface area contributed by atoms with Gasteiger partial charge in [0.1, 0.15) is 0 Å². The number of hydrogen-bond donors (Lipinski definition) is 3. The fourth-order valence-electron chi connectivity index (χ4n) is 2.99. The predicted molar refractivity (Wildman–Crippen MR) is 52.8 cm³/mol. The molecule has 0 bridgehead atoms. The van der Waals surface area contributed by atoms with Crippen LogP contribution in [-0.4, -0.2) is 44.0 Å². The summed E-state index contributed by atoms with van der Waals surface area (Å²) in [6.07, 6.45) is 1.97. The van der Waals surface area contributed by atoms with Gasteiger partial charge in [-0.15, -0.1) is 0 Å². The number of carboxylic acids is 1. The van der Waals surface area contributed by atoms with Crippen LogP contribution in [0.4, 0.5) is 4.79 Å². The van der Waals surface area contributed by atoms with E-state index >= 15 is 0 Å². The van der Waals surface area contributed by atoms with E-state index in [9.17, 15) is 14.7 Å². The lowest BCUT2D eigenvalue weighted by atomic mass is 9.84. The minimum atomic E-state index is -2.23. The molecule has 3 N–H and O–H groups in total. The summed E-state index contributed by atoms with van der Waals surface area (Å²) in [7, 11) is 0. The Morgan fingerprint density at radius 1 is 1.19 bits per heavy atom. The van der Waals surface area contributed by atoms with Crippen molar-refractivity contribution in [1.82, 2.24) is 4.90 Å². The van der Waals surface area contributed by atoms with E-state index in [1.54, 1.807) is 0 Å². The van der Waals surface area contributed by atoms with E-state index in [-0.39, 0.29) is 18.4 Å². The van der Waals surface area contributed by atoms with E-state index in [4.69, 9.17) is 10.2 Å². The molecule has 1 saturated carbocycles. The van der Waals surface area contributed by atoms with Crippen molar-refractivity contribution < 1.29 is 24.9 Å². The second-order valence-corrected chi connectivity index (χ2v) is 4.59. The first kappa shape index (κ1) is 11.2. The summed E-state index contributed by atoms with van der Waals surface area (Å²) < 4.78 is 0. The van der Waals surface area contributed by atoms with Crippen molar-refractivity contribution in [2.24, 2.45) is 5.92 Å². The highest BCUT2D eigenvalue weighted by molar-refractivity contribution is 5.83. The number of aliphatic carboxylic acids is 1. The molecule has 0 aromatic heterocycles. The van der Waals surface area contributed by atoms with Gasteiger partial charge in [0, 0.05) is 12.5 Å². The molecule has 0 spiro atoms. The van der Waals surface area contributed by atoms with Crippen LogP contribution in [0.15, 0.2) is 0 Å². The number of hydrogen-bond acceptors (Lipinski definition) is 3. The number of rotatable bonds is 1. The fourth-order valence-corrected chi connectivity index (χ4v) is 2.99. The Kier molecular flexibility index (Phi) is 2.53. The van der Waals surface area contributed by atoms with Gasteiger partial charge in [0.2, 0.25) is 5.72 Å². The van der Waals surface area contributed by atoms with Gasteiger partial charge < -0.3 is 15.3 Å². The summed E-state index contributed by atoms with van der Waals surface area (Å²) in [5, 5.41) is 28.0. The fraction of sp³-hybridized carbons (Fsp3) is 0.800. The van der Waals surface area contributed by atoms with E-state index in [2.05, 4.69) is 0 Å². The normalized spacial score (nSPS) is 38.2. The van der Waals surface area contributed by atoms with E-state index in [0.29, 0.717) is 6.42 Å². The average Bonchev–Trinajstić information content (AvgIpc) is 2.51. The SMILES string of the molecule is O=C(O)N1C2CCCCC2CC1(O)C(=O)O. The van der Waals surface area contributed by atoms with Crippen molar-refractivity contribution in [2.45, 2.75) is 43.9 Å². The van der Waals surface area contributed by atoms with E-state index in [0.717, 1.165) is 24.2 Å². The van der Waals surface area contributed by atoms with Gasteiger partial charge in [-0.1, -0.05) is 12.8 Å². The molecular formula is C10H15NO5. The molecule has 16 heavy (non-hydrogen) atoms. The lowest BCUT2D eigenvalue weighted by Crippen LogP contribution is -2.55. The molecule has 0 radical (unpaired) electrons. The maximum absolute atomic E-state index is 11.1. The first-order chi connectivity index (χ1) is 7.47.